The normalized spacial score (nSPS) is 16.4. The van der Waals surface area contributed by atoms with Crippen molar-refractivity contribution in [1.82, 2.24) is 5.32 Å². The van der Waals surface area contributed by atoms with Crippen LogP contribution in [0.15, 0.2) is 28.7 Å². The van der Waals surface area contributed by atoms with Crippen LogP contribution in [0.2, 0.25) is 0 Å². The molecule has 0 bridgehead atoms. The number of amides is 1. The molecule has 1 aromatic rings. The van der Waals surface area contributed by atoms with Gasteiger partial charge >= 0.3 is 0 Å². The number of hydrogen-bond acceptors (Lipinski definition) is 2. The molecule has 0 heterocycles. The first-order valence-electron chi connectivity index (χ1n) is 8.19. The largest absolute Gasteiger partial charge is 0.381 e. The van der Waals surface area contributed by atoms with Crippen molar-refractivity contribution >= 4 is 21.8 Å². The summed E-state index contributed by atoms with van der Waals surface area (Å²) in [6.07, 6.45) is 4.10. The van der Waals surface area contributed by atoms with Crippen LogP contribution in [0.1, 0.15) is 51.1 Å². The second-order valence-electron chi connectivity index (χ2n) is 6.51. The molecule has 1 atom stereocenters. The van der Waals surface area contributed by atoms with E-state index in [1.165, 1.54) is 24.8 Å². The third-order valence-corrected chi connectivity index (χ3v) is 4.62. The van der Waals surface area contributed by atoms with Crippen LogP contribution in [0.4, 0.5) is 0 Å². The highest BCUT2D eigenvalue weighted by molar-refractivity contribution is 9.10. The van der Waals surface area contributed by atoms with E-state index in [1.54, 1.807) is 0 Å². The third-order valence-electron chi connectivity index (χ3n) is 4.09. The topological polar surface area (TPSA) is 38.3 Å². The highest BCUT2D eigenvalue weighted by atomic mass is 79.9. The Hall–Kier alpha value is -0.870. The Morgan fingerprint density at radius 3 is 2.55 bits per heavy atom. The second-order valence-corrected chi connectivity index (χ2v) is 7.42. The molecule has 1 amide bonds. The summed E-state index contributed by atoms with van der Waals surface area (Å²) in [4.78, 5) is 12.2. The molecule has 1 unspecified atom stereocenters. The molecule has 0 radical (unpaired) electrons. The van der Waals surface area contributed by atoms with Gasteiger partial charge in [0.15, 0.2) is 0 Å². The minimum Gasteiger partial charge on any atom is -0.381 e. The Morgan fingerprint density at radius 1 is 1.32 bits per heavy atom. The lowest BCUT2D eigenvalue weighted by atomic mass is 9.77. The van der Waals surface area contributed by atoms with Gasteiger partial charge in [0.2, 0.25) is 5.91 Å². The van der Waals surface area contributed by atoms with Gasteiger partial charge in [-0.15, -0.1) is 0 Å². The summed E-state index contributed by atoms with van der Waals surface area (Å²) in [6, 6.07) is 8.42. The monoisotopic (exact) mass is 367 g/mol. The van der Waals surface area contributed by atoms with E-state index in [4.69, 9.17) is 4.74 Å². The standard InChI is InChI=1S/C18H26BrNO2/c1-13(2)12-22-11-10-17(21)20-18(14-4-3-5-14)15-6-8-16(19)9-7-15/h6-9,13-14,18H,3-5,10-12H2,1-2H3,(H,20,21). The fourth-order valence-electron chi connectivity index (χ4n) is 2.65. The lowest BCUT2D eigenvalue weighted by Gasteiger charge is -2.34. The Morgan fingerprint density at radius 2 is 2.00 bits per heavy atom. The van der Waals surface area contributed by atoms with Crippen molar-refractivity contribution in [2.45, 2.75) is 45.6 Å². The third kappa shape index (κ3) is 5.40. The van der Waals surface area contributed by atoms with Gasteiger partial charge in [-0.05, 0) is 42.4 Å². The molecule has 0 aliphatic heterocycles. The molecule has 0 saturated heterocycles. The predicted molar refractivity (Wildman–Crippen MR) is 92.6 cm³/mol. The van der Waals surface area contributed by atoms with Crippen molar-refractivity contribution in [2.75, 3.05) is 13.2 Å². The fourth-order valence-corrected chi connectivity index (χ4v) is 2.91. The zero-order valence-corrected chi connectivity index (χ0v) is 15.1. The van der Waals surface area contributed by atoms with Crippen molar-refractivity contribution in [1.29, 1.82) is 0 Å². The SMILES string of the molecule is CC(C)COCCC(=O)NC(c1ccc(Br)cc1)C1CCC1. The van der Waals surface area contributed by atoms with E-state index in [0.717, 1.165) is 4.47 Å². The van der Waals surface area contributed by atoms with E-state index >= 15 is 0 Å². The summed E-state index contributed by atoms with van der Waals surface area (Å²) in [7, 11) is 0. The van der Waals surface area contributed by atoms with Gasteiger partial charge in [-0.25, -0.2) is 0 Å². The molecule has 122 valence electrons. The maximum atomic E-state index is 12.2. The Kier molecular flexibility index (Phi) is 6.90. The van der Waals surface area contributed by atoms with Crippen molar-refractivity contribution in [2.24, 2.45) is 11.8 Å². The number of nitrogens with one attached hydrogen (secondary N) is 1. The molecule has 0 aromatic heterocycles. The Balaban J connectivity index is 1.87. The van der Waals surface area contributed by atoms with Gasteiger partial charge in [-0.2, -0.15) is 0 Å². The first-order valence-corrected chi connectivity index (χ1v) is 8.98. The summed E-state index contributed by atoms with van der Waals surface area (Å²) in [5, 5.41) is 3.21. The van der Waals surface area contributed by atoms with E-state index in [1.807, 2.05) is 12.1 Å². The molecule has 2 rings (SSSR count). The molecule has 22 heavy (non-hydrogen) atoms. The molecule has 1 aliphatic carbocycles. The van der Waals surface area contributed by atoms with Crippen molar-refractivity contribution < 1.29 is 9.53 Å². The van der Waals surface area contributed by atoms with Gasteiger partial charge in [0.05, 0.1) is 12.6 Å². The van der Waals surface area contributed by atoms with Crippen LogP contribution in [0.3, 0.4) is 0 Å². The zero-order valence-electron chi connectivity index (χ0n) is 13.5. The molecule has 1 saturated carbocycles. The molecular formula is C18H26BrNO2. The number of halogens is 1. The van der Waals surface area contributed by atoms with Gasteiger partial charge in [0, 0.05) is 17.5 Å². The quantitative estimate of drug-likeness (QED) is 0.688. The molecule has 4 heteroatoms. The Bertz CT molecular complexity index is 468. The van der Waals surface area contributed by atoms with Gasteiger partial charge < -0.3 is 10.1 Å². The number of rotatable bonds is 8. The van der Waals surface area contributed by atoms with Gasteiger partial charge in [0.25, 0.3) is 0 Å². The van der Waals surface area contributed by atoms with E-state index in [9.17, 15) is 4.79 Å². The highest BCUT2D eigenvalue weighted by Crippen LogP contribution is 2.38. The molecule has 1 aromatic carbocycles. The molecule has 3 nitrogen and oxygen atoms in total. The summed E-state index contributed by atoms with van der Waals surface area (Å²) in [5.74, 6) is 1.17. The second kappa shape index (κ2) is 8.68. The predicted octanol–water partition coefficient (Wildman–Crippen LogP) is 4.47. The van der Waals surface area contributed by atoms with Gasteiger partial charge in [0.1, 0.15) is 0 Å². The van der Waals surface area contributed by atoms with Crippen LogP contribution < -0.4 is 5.32 Å². The average molecular weight is 368 g/mol. The first-order chi connectivity index (χ1) is 10.6. The zero-order chi connectivity index (χ0) is 15.9. The minimum absolute atomic E-state index is 0.0866. The molecule has 1 N–H and O–H groups in total. The summed E-state index contributed by atoms with van der Waals surface area (Å²) in [5.41, 5.74) is 1.20. The molecule has 1 aliphatic rings. The summed E-state index contributed by atoms with van der Waals surface area (Å²) in [6.45, 7) is 5.44. The number of ether oxygens (including phenoxy) is 1. The molecular weight excluding hydrogens is 342 g/mol. The van der Waals surface area contributed by atoms with Crippen molar-refractivity contribution in [3.8, 4) is 0 Å². The van der Waals surface area contributed by atoms with E-state index in [2.05, 4.69) is 47.2 Å². The van der Waals surface area contributed by atoms with Crippen molar-refractivity contribution in [3.63, 3.8) is 0 Å². The van der Waals surface area contributed by atoms with Crippen LogP contribution in [-0.4, -0.2) is 19.1 Å². The Labute approximate surface area is 141 Å². The number of hydrogen-bond donors (Lipinski definition) is 1. The molecule has 1 fully saturated rings. The number of carbonyl (C=O) groups is 1. The summed E-state index contributed by atoms with van der Waals surface area (Å²) < 4.78 is 6.57. The lowest BCUT2D eigenvalue weighted by Crippen LogP contribution is -2.36. The van der Waals surface area contributed by atoms with Crippen LogP contribution in [0.5, 0.6) is 0 Å². The maximum Gasteiger partial charge on any atom is 0.222 e. The van der Waals surface area contributed by atoms with E-state index in [-0.39, 0.29) is 11.9 Å². The van der Waals surface area contributed by atoms with Crippen LogP contribution in [-0.2, 0) is 9.53 Å². The molecule has 0 spiro atoms. The average Bonchev–Trinajstić information content (AvgIpc) is 2.42. The van der Waals surface area contributed by atoms with Crippen LogP contribution in [0, 0.1) is 11.8 Å². The van der Waals surface area contributed by atoms with E-state index < -0.39 is 0 Å². The van der Waals surface area contributed by atoms with Gasteiger partial charge in [-0.3, -0.25) is 4.79 Å². The number of carbonyl (C=O) groups excluding carboxylic acids is 1. The first kappa shape index (κ1) is 17.5. The minimum atomic E-state index is 0.0866. The van der Waals surface area contributed by atoms with Crippen LogP contribution in [0.25, 0.3) is 0 Å². The van der Waals surface area contributed by atoms with Gasteiger partial charge in [-0.1, -0.05) is 48.3 Å². The smallest absolute Gasteiger partial charge is 0.222 e. The lowest BCUT2D eigenvalue weighted by molar-refractivity contribution is -0.123. The fraction of sp³-hybridized carbons (Fsp3) is 0.611. The van der Waals surface area contributed by atoms with Crippen LogP contribution >= 0.6 is 15.9 Å². The number of benzene rings is 1. The van der Waals surface area contributed by atoms with E-state index in [0.29, 0.717) is 31.5 Å². The summed E-state index contributed by atoms with van der Waals surface area (Å²) >= 11 is 3.46. The maximum absolute atomic E-state index is 12.2. The highest BCUT2D eigenvalue weighted by Gasteiger charge is 2.29. The van der Waals surface area contributed by atoms with Crippen molar-refractivity contribution in [3.05, 3.63) is 34.3 Å².